The predicted octanol–water partition coefficient (Wildman–Crippen LogP) is 4.33. The van der Waals surface area contributed by atoms with Gasteiger partial charge in [0.2, 0.25) is 0 Å². The van der Waals surface area contributed by atoms with E-state index in [1.165, 1.54) is 29.0 Å². The van der Waals surface area contributed by atoms with Gasteiger partial charge >= 0.3 is 0 Å². The Bertz CT molecular complexity index is 628. The minimum atomic E-state index is 0.549. The number of nitrogens with zero attached hydrogens (tertiary/aromatic N) is 1. The lowest BCUT2D eigenvalue weighted by atomic mass is 9.95. The van der Waals surface area contributed by atoms with Crippen LogP contribution in [0.15, 0.2) is 44.7 Å². The van der Waals surface area contributed by atoms with Gasteiger partial charge in [-0.25, -0.2) is 4.98 Å². The number of pyridine rings is 1. The Balaban J connectivity index is 1.98. The third kappa shape index (κ3) is 2.92. The fourth-order valence-corrected chi connectivity index (χ4v) is 4.01. The summed E-state index contributed by atoms with van der Waals surface area (Å²) in [6, 6.07) is 10.5. The second kappa shape index (κ2) is 6.29. The molecule has 2 aromatic rings. The third-order valence-corrected chi connectivity index (χ3v) is 5.68. The Hall–Kier alpha value is -0.840. The van der Waals surface area contributed by atoms with E-state index in [1.54, 1.807) is 11.8 Å². The highest BCUT2D eigenvalue weighted by atomic mass is 79.9. The monoisotopic (exact) mass is 348 g/mol. The van der Waals surface area contributed by atoms with Crippen molar-refractivity contribution in [2.45, 2.75) is 42.1 Å². The molecule has 1 aromatic carbocycles. The summed E-state index contributed by atoms with van der Waals surface area (Å²) in [7, 11) is 0. The Kier molecular flexibility index (Phi) is 4.44. The van der Waals surface area contributed by atoms with Gasteiger partial charge in [-0.1, -0.05) is 30.0 Å². The van der Waals surface area contributed by atoms with Gasteiger partial charge in [0.25, 0.3) is 0 Å². The Morgan fingerprint density at radius 3 is 2.80 bits per heavy atom. The molecule has 0 fully saturated rings. The van der Waals surface area contributed by atoms with Gasteiger partial charge in [-0.2, -0.15) is 0 Å². The number of aryl methyl sites for hydroxylation is 2. The van der Waals surface area contributed by atoms with Crippen molar-refractivity contribution in [2.24, 2.45) is 5.73 Å². The molecule has 1 aromatic heterocycles. The van der Waals surface area contributed by atoms with Crippen molar-refractivity contribution in [3.8, 4) is 0 Å². The molecule has 0 amide bonds. The van der Waals surface area contributed by atoms with Gasteiger partial charge in [0.05, 0.1) is 0 Å². The molecule has 1 aliphatic carbocycles. The molecule has 4 heteroatoms. The maximum absolute atomic E-state index is 5.91. The highest BCUT2D eigenvalue weighted by molar-refractivity contribution is 9.10. The van der Waals surface area contributed by atoms with E-state index in [1.807, 2.05) is 12.1 Å². The first-order chi connectivity index (χ1) is 9.78. The number of hydrogen-bond donors (Lipinski definition) is 1. The second-order valence-corrected chi connectivity index (χ2v) is 6.89. The van der Waals surface area contributed by atoms with Crippen LogP contribution in [0.5, 0.6) is 0 Å². The quantitative estimate of drug-likeness (QED) is 0.896. The molecule has 0 saturated carbocycles. The smallest absolute Gasteiger partial charge is 0.106 e. The number of fused-ring (bicyclic) bond motifs is 1. The predicted molar refractivity (Wildman–Crippen MR) is 87.0 cm³/mol. The van der Waals surface area contributed by atoms with Crippen molar-refractivity contribution in [3.63, 3.8) is 0 Å². The van der Waals surface area contributed by atoms with Crippen LogP contribution in [0.3, 0.4) is 0 Å². The van der Waals surface area contributed by atoms with Crippen LogP contribution < -0.4 is 5.73 Å². The van der Waals surface area contributed by atoms with Crippen molar-refractivity contribution in [2.75, 3.05) is 0 Å². The molecule has 0 bridgehead atoms. The molecule has 20 heavy (non-hydrogen) atoms. The molecular weight excluding hydrogens is 332 g/mol. The lowest BCUT2D eigenvalue weighted by Gasteiger charge is -2.18. The maximum atomic E-state index is 5.91. The Labute approximate surface area is 132 Å². The van der Waals surface area contributed by atoms with Crippen LogP contribution in [-0.4, -0.2) is 4.98 Å². The van der Waals surface area contributed by atoms with E-state index < -0.39 is 0 Å². The second-order valence-electron chi connectivity index (χ2n) is 5.00. The summed E-state index contributed by atoms with van der Waals surface area (Å²) < 4.78 is 1.10. The fourth-order valence-electron chi connectivity index (χ4n) is 2.53. The van der Waals surface area contributed by atoms with Gasteiger partial charge in [0, 0.05) is 21.6 Å². The fraction of sp³-hybridized carbons (Fsp3) is 0.312. The molecule has 104 valence electrons. The first-order valence-corrected chi connectivity index (χ1v) is 8.53. The maximum Gasteiger partial charge on any atom is 0.106 e. The largest absolute Gasteiger partial charge is 0.326 e. The van der Waals surface area contributed by atoms with E-state index in [2.05, 4.69) is 34.1 Å². The number of rotatable bonds is 3. The van der Waals surface area contributed by atoms with E-state index in [0.717, 1.165) is 27.9 Å². The minimum absolute atomic E-state index is 0.549. The number of nitrogens with two attached hydrogens (primary N) is 1. The van der Waals surface area contributed by atoms with Crippen LogP contribution in [0.1, 0.15) is 29.7 Å². The van der Waals surface area contributed by atoms with Crippen molar-refractivity contribution < 1.29 is 0 Å². The first kappa shape index (κ1) is 14.1. The summed E-state index contributed by atoms with van der Waals surface area (Å²) in [5.74, 6) is 0. The van der Waals surface area contributed by atoms with E-state index in [4.69, 9.17) is 10.7 Å². The van der Waals surface area contributed by atoms with Crippen LogP contribution >= 0.6 is 27.7 Å². The van der Waals surface area contributed by atoms with Crippen molar-refractivity contribution >= 4 is 27.7 Å². The topological polar surface area (TPSA) is 38.9 Å². The van der Waals surface area contributed by atoms with E-state index in [0.29, 0.717) is 6.54 Å². The molecule has 0 atom stereocenters. The third-order valence-electron chi connectivity index (χ3n) is 3.60. The van der Waals surface area contributed by atoms with Crippen LogP contribution in [0.2, 0.25) is 0 Å². The molecule has 1 aliphatic rings. The van der Waals surface area contributed by atoms with Gasteiger partial charge < -0.3 is 5.73 Å². The van der Waals surface area contributed by atoms with Crippen molar-refractivity contribution in [3.05, 3.63) is 51.6 Å². The van der Waals surface area contributed by atoms with Gasteiger partial charge in [0.15, 0.2) is 0 Å². The summed E-state index contributed by atoms with van der Waals surface area (Å²) in [4.78, 5) is 6.07. The highest BCUT2D eigenvalue weighted by Crippen LogP contribution is 2.35. The highest BCUT2D eigenvalue weighted by Gasteiger charge is 2.15. The average molecular weight is 349 g/mol. The van der Waals surface area contributed by atoms with Crippen molar-refractivity contribution in [1.82, 2.24) is 4.98 Å². The molecule has 0 radical (unpaired) electrons. The SMILES string of the molecule is NCc1cc2c(nc1Sc1ccccc1Br)CCCC2. The summed E-state index contributed by atoms with van der Waals surface area (Å²) in [6.45, 7) is 0.549. The van der Waals surface area contributed by atoms with Crippen molar-refractivity contribution in [1.29, 1.82) is 0 Å². The normalized spacial score (nSPS) is 14.1. The van der Waals surface area contributed by atoms with Gasteiger partial charge in [0.1, 0.15) is 5.03 Å². The molecule has 0 spiro atoms. The number of aromatic nitrogens is 1. The van der Waals surface area contributed by atoms with E-state index >= 15 is 0 Å². The lowest BCUT2D eigenvalue weighted by molar-refractivity contribution is 0.656. The minimum Gasteiger partial charge on any atom is -0.326 e. The Morgan fingerprint density at radius 2 is 2.00 bits per heavy atom. The molecule has 3 rings (SSSR count). The summed E-state index contributed by atoms with van der Waals surface area (Å²) in [5, 5.41) is 1.06. The zero-order valence-corrected chi connectivity index (χ0v) is 13.6. The number of halogens is 1. The summed E-state index contributed by atoms with van der Waals surface area (Å²) in [6.07, 6.45) is 4.77. The van der Waals surface area contributed by atoms with Crippen LogP contribution in [0.4, 0.5) is 0 Å². The van der Waals surface area contributed by atoms with Gasteiger partial charge in [-0.05, 0) is 64.9 Å². The average Bonchev–Trinajstić information content (AvgIpc) is 2.49. The molecule has 2 N–H and O–H groups in total. The van der Waals surface area contributed by atoms with Gasteiger partial charge in [-0.15, -0.1) is 0 Å². The van der Waals surface area contributed by atoms with Crippen LogP contribution in [0.25, 0.3) is 0 Å². The number of benzene rings is 1. The molecule has 2 nitrogen and oxygen atoms in total. The molecule has 0 unspecified atom stereocenters. The molecule has 0 saturated heterocycles. The molecular formula is C16H17BrN2S. The van der Waals surface area contributed by atoms with Crippen LogP contribution in [-0.2, 0) is 19.4 Å². The van der Waals surface area contributed by atoms with Crippen LogP contribution in [0, 0.1) is 0 Å². The molecule has 1 heterocycles. The zero-order chi connectivity index (χ0) is 13.9. The summed E-state index contributed by atoms with van der Waals surface area (Å²) >= 11 is 5.30. The van der Waals surface area contributed by atoms with E-state index in [-0.39, 0.29) is 0 Å². The van der Waals surface area contributed by atoms with Gasteiger partial charge in [-0.3, -0.25) is 0 Å². The Morgan fingerprint density at radius 1 is 1.20 bits per heavy atom. The number of hydrogen-bond acceptors (Lipinski definition) is 3. The summed E-state index contributed by atoms with van der Waals surface area (Å²) in [5.41, 5.74) is 9.73. The molecule has 0 aliphatic heterocycles. The lowest BCUT2D eigenvalue weighted by Crippen LogP contribution is -2.10. The first-order valence-electron chi connectivity index (χ1n) is 6.92. The standard InChI is InChI=1S/C16H17BrN2S/c17-13-6-2-4-8-15(13)20-16-12(10-18)9-11-5-1-3-7-14(11)19-16/h2,4,6,8-9H,1,3,5,7,10,18H2. The van der Waals surface area contributed by atoms with E-state index in [9.17, 15) is 0 Å². The zero-order valence-electron chi connectivity index (χ0n) is 11.2.